The van der Waals surface area contributed by atoms with Gasteiger partial charge >= 0.3 is 0 Å². The van der Waals surface area contributed by atoms with E-state index in [-0.39, 0.29) is 5.91 Å². The third-order valence-electron chi connectivity index (χ3n) is 3.36. The first-order valence-corrected chi connectivity index (χ1v) is 7.49. The van der Waals surface area contributed by atoms with Crippen LogP contribution in [0.1, 0.15) is 22.8 Å². The van der Waals surface area contributed by atoms with E-state index in [0.29, 0.717) is 37.6 Å². The van der Waals surface area contributed by atoms with Gasteiger partial charge in [0.05, 0.1) is 13.2 Å². The number of carbonyl (C=O) groups excluding carboxylic acids is 1. The predicted molar refractivity (Wildman–Crippen MR) is 87.9 cm³/mol. The number of benzene rings is 1. The summed E-state index contributed by atoms with van der Waals surface area (Å²) >= 11 is 0. The number of amides is 1. The van der Waals surface area contributed by atoms with Gasteiger partial charge in [0.2, 0.25) is 0 Å². The fourth-order valence-electron chi connectivity index (χ4n) is 2.09. The number of anilines is 1. The van der Waals surface area contributed by atoms with Gasteiger partial charge in [0.25, 0.3) is 5.91 Å². The van der Waals surface area contributed by atoms with E-state index in [4.69, 9.17) is 15.2 Å². The zero-order valence-electron chi connectivity index (χ0n) is 13.7. The molecule has 0 fully saturated rings. The van der Waals surface area contributed by atoms with Gasteiger partial charge in [-0.15, -0.1) is 0 Å². The van der Waals surface area contributed by atoms with Gasteiger partial charge in [-0.1, -0.05) is 6.07 Å². The Bertz CT molecular complexity index is 458. The maximum atomic E-state index is 11.8. The molecule has 0 radical (unpaired) electrons. The third-order valence-corrected chi connectivity index (χ3v) is 3.36. The molecule has 3 N–H and O–H groups in total. The highest BCUT2D eigenvalue weighted by molar-refractivity contribution is 5.95. The molecule has 22 heavy (non-hydrogen) atoms. The number of nitrogens with two attached hydrogens (primary N) is 1. The number of nitrogens with one attached hydrogen (secondary N) is 1. The second-order valence-corrected chi connectivity index (χ2v) is 5.03. The molecule has 124 valence electrons. The van der Waals surface area contributed by atoms with Crippen molar-refractivity contribution in [1.82, 2.24) is 10.2 Å². The van der Waals surface area contributed by atoms with Crippen molar-refractivity contribution in [2.24, 2.45) is 0 Å². The molecule has 0 heterocycles. The Kier molecular flexibility index (Phi) is 8.50. The fourth-order valence-corrected chi connectivity index (χ4v) is 2.09. The van der Waals surface area contributed by atoms with Crippen molar-refractivity contribution in [3.8, 4) is 0 Å². The molecule has 0 unspecified atom stereocenters. The Morgan fingerprint density at radius 3 is 2.36 bits per heavy atom. The van der Waals surface area contributed by atoms with Crippen molar-refractivity contribution in [2.75, 3.05) is 52.8 Å². The Hall–Kier alpha value is -1.63. The summed E-state index contributed by atoms with van der Waals surface area (Å²) in [5.41, 5.74) is 8.31. The quantitative estimate of drug-likeness (QED) is 0.633. The van der Waals surface area contributed by atoms with Crippen molar-refractivity contribution in [3.05, 3.63) is 29.3 Å². The van der Waals surface area contributed by atoms with Gasteiger partial charge in [-0.05, 0) is 24.6 Å². The van der Waals surface area contributed by atoms with Crippen LogP contribution in [-0.4, -0.2) is 57.9 Å². The largest absolute Gasteiger partial charge is 0.398 e. The number of rotatable bonds is 10. The van der Waals surface area contributed by atoms with E-state index >= 15 is 0 Å². The van der Waals surface area contributed by atoms with E-state index in [9.17, 15) is 4.79 Å². The van der Waals surface area contributed by atoms with Crippen molar-refractivity contribution < 1.29 is 14.3 Å². The number of ether oxygens (including phenoxy) is 2. The van der Waals surface area contributed by atoms with Gasteiger partial charge in [0.1, 0.15) is 0 Å². The van der Waals surface area contributed by atoms with Crippen molar-refractivity contribution in [3.63, 3.8) is 0 Å². The summed E-state index contributed by atoms with van der Waals surface area (Å²) in [4.78, 5) is 14.0. The number of carbonyl (C=O) groups is 1. The molecule has 0 atom stereocenters. The average Bonchev–Trinajstić information content (AvgIpc) is 2.51. The zero-order chi connectivity index (χ0) is 16.4. The van der Waals surface area contributed by atoms with Crippen LogP contribution in [0, 0.1) is 0 Å². The molecule has 0 aliphatic rings. The molecule has 6 heteroatoms. The zero-order valence-corrected chi connectivity index (χ0v) is 13.7. The van der Waals surface area contributed by atoms with Crippen molar-refractivity contribution in [2.45, 2.75) is 13.5 Å². The highest BCUT2D eigenvalue weighted by Gasteiger charge is 2.11. The standard InChI is InChI=1S/C16H27N3O3/c1-4-18-16(20)13-5-6-14(15(17)11-13)12-19(7-9-21-2)8-10-22-3/h5-6,11H,4,7-10,12,17H2,1-3H3,(H,18,20). The van der Waals surface area contributed by atoms with Gasteiger partial charge < -0.3 is 20.5 Å². The second-order valence-electron chi connectivity index (χ2n) is 5.03. The second kappa shape index (κ2) is 10.2. The third kappa shape index (κ3) is 6.01. The molecule has 1 amide bonds. The summed E-state index contributed by atoms with van der Waals surface area (Å²) < 4.78 is 10.3. The first kappa shape index (κ1) is 18.4. The van der Waals surface area contributed by atoms with Crippen LogP contribution < -0.4 is 11.1 Å². The fraction of sp³-hybridized carbons (Fsp3) is 0.562. The maximum Gasteiger partial charge on any atom is 0.251 e. The first-order chi connectivity index (χ1) is 10.6. The van der Waals surface area contributed by atoms with Crippen LogP contribution in [-0.2, 0) is 16.0 Å². The topological polar surface area (TPSA) is 76.8 Å². The number of hydrogen-bond donors (Lipinski definition) is 2. The Morgan fingerprint density at radius 2 is 1.86 bits per heavy atom. The van der Waals surface area contributed by atoms with Crippen LogP contribution in [0.2, 0.25) is 0 Å². The summed E-state index contributed by atoms with van der Waals surface area (Å²) in [5, 5.41) is 2.77. The Balaban J connectivity index is 2.75. The van der Waals surface area contributed by atoms with E-state index < -0.39 is 0 Å². The molecule has 0 aromatic heterocycles. The lowest BCUT2D eigenvalue weighted by atomic mass is 10.1. The van der Waals surface area contributed by atoms with Crippen molar-refractivity contribution >= 4 is 11.6 Å². The van der Waals surface area contributed by atoms with Crippen molar-refractivity contribution in [1.29, 1.82) is 0 Å². The molecule has 0 bridgehead atoms. The summed E-state index contributed by atoms with van der Waals surface area (Å²) in [6.07, 6.45) is 0. The molecule has 1 aromatic rings. The number of methoxy groups -OCH3 is 2. The molecule has 0 saturated carbocycles. The molecular formula is C16H27N3O3. The average molecular weight is 309 g/mol. The van der Waals surface area contributed by atoms with Gasteiger partial charge in [0.15, 0.2) is 0 Å². The van der Waals surface area contributed by atoms with E-state index in [0.717, 1.165) is 18.7 Å². The molecule has 0 aliphatic heterocycles. The molecule has 0 spiro atoms. The number of hydrogen-bond acceptors (Lipinski definition) is 5. The van der Waals surface area contributed by atoms with Crippen LogP contribution in [0.25, 0.3) is 0 Å². The van der Waals surface area contributed by atoms with E-state index in [2.05, 4.69) is 10.2 Å². The molecule has 0 saturated heterocycles. The van der Waals surface area contributed by atoms with Gasteiger partial charge in [0, 0.05) is 51.6 Å². The van der Waals surface area contributed by atoms with Gasteiger partial charge in [-0.3, -0.25) is 9.69 Å². The summed E-state index contributed by atoms with van der Waals surface area (Å²) in [5.74, 6) is -0.101. The van der Waals surface area contributed by atoms with Crippen LogP contribution >= 0.6 is 0 Å². The van der Waals surface area contributed by atoms with Crippen LogP contribution in [0.4, 0.5) is 5.69 Å². The number of nitrogens with zero attached hydrogens (tertiary/aromatic N) is 1. The lowest BCUT2D eigenvalue weighted by Crippen LogP contribution is -2.30. The van der Waals surface area contributed by atoms with E-state index in [1.165, 1.54) is 0 Å². The minimum atomic E-state index is -0.101. The van der Waals surface area contributed by atoms with Gasteiger partial charge in [-0.2, -0.15) is 0 Å². The Morgan fingerprint density at radius 1 is 1.23 bits per heavy atom. The van der Waals surface area contributed by atoms with E-state index in [1.54, 1.807) is 20.3 Å². The SMILES string of the molecule is CCNC(=O)c1ccc(CN(CCOC)CCOC)c(N)c1. The Labute approximate surface area is 132 Å². The summed E-state index contributed by atoms with van der Waals surface area (Å²) in [7, 11) is 3.37. The predicted octanol–water partition coefficient (Wildman–Crippen LogP) is 1.11. The minimum Gasteiger partial charge on any atom is -0.398 e. The van der Waals surface area contributed by atoms with E-state index in [1.807, 2.05) is 19.1 Å². The smallest absolute Gasteiger partial charge is 0.251 e. The first-order valence-electron chi connectivity index (χ1n) is 7.49. The van der Waals surface area contributed by atoms with Crippen LogP contribution in [0.5, 0.6) is 0 Å². The molecule has 0 aliphatic carbocycles. The maximum absolute atomic E-state index is 11.8. The minimum absolute atomic E-state index is 0.101. The molecule has 1 aromatic carbocycles. The summed E-state index contributed by atoms with van der Waals surface area (Å²) in [6, 6.07) is 5.44. The molecule has 6 nitrogen and oxygen atoms in total. The molecule has 1 rings (SSSR count). The lowest BCUT2D eigenvalue weighted by molar-refractivity contribution is 0.0956. The van der Waals surface area contributed by atoms with Crippen LogP contribution in [0.3, 0.4) is 0 Å². The molecular weight excluding hydrogens is 282 g/mol. The lowest BCUT2D eigenvalue weighted by Gasteiger charge is -2.22. The van der Waals surface area contributed by atoms with Gasteiger partial charge in [-0.25, -0.2) is 0 Å². The highest BCUT2D eigenvalue weighted by atomic mass is 16.5. The van der Waals surface area contributed by atoms with Crippen LogP contribution in [0.15, 0.2) is 18.2 Å². The monoisotopic (exact) mass is 309 g/mol. The summed E-state index contributed by atoms with van der Waals surface area (Å²) in [6.45, 7) is 6.10. The number of nitrogen functional groups attached to an aromatic ring is 1. The normalized spacial score (nSPS) is 10.9. The highest BCUT2D eigenvalue weighted by Crippen LogP contribution is 2.16.